The Kier molecular flexibility index (Phi) is 31.6. The Hall–Kier alpha value is -1.85. The number of ketones is 1. The molecule has 6 heteroatoms. The molecule has 0 bridgehead atoms. The van der Waals surface area contributed by atoms with Crippen molar-refractivity contribution in [2.45, 2.75) is 187 Å². The van der Waals surface area contributed by atoms with Crippen LogP contribution in [-0.4, -0.2) is 30.7 Å². The summed E-state index contributed by atoms with van der Waals surface area (Å²) in [4.78, 5) is 29.7. The van der Waals surface area contributed by atoms with Crippen molar-refractivity contribution in [1.29, 1.82) is 0 Å². The van der Waals surface area contributed by atoms with E-state index in [4.69, 9.17) is 11.5 Å². The van der Waals surface area contributed by atoms with Crippen molar-refractivity contribution in [3.63, 3.8) is 0 Å². The summed E-state index contributed by atoms with van der Waals surface area (Å²) in [5, 5.41) is 3.10. The van der Waals surface area contributed by atoms with E-state index in [1.165, 1.54) is 122 Å². The Bertz CT molecular complexity index is 688. The monoisotopic (exact) mass is 605 g/mol. The first-order valence-corrected chi connectivity index (χ1v) is 18.5. The number of nitrogens with zero attached hydrogens (tertiary/aromatic N) is 1. The molecule has 1 amide bonds. The van der Waals surface area contributed by atoms with Crippen LogP contribution in [-0.2, 0) is 9.59 Å². The molecule has 5 N–H and O–H groups in total. The first-order valence-electron chi connectivity index (χ1n) is 18.5. The second kappa shape index (κ2) is 33.1. The summed E-state index contributed by atoms with van der Waals surface area (Å²) in [6.45, 7) is 5.71. The van der Waals surface area contributed by atoms with Crippen LogP contribution in [0.2, 0.25) is 0 Å². The quantitative estimate of drug-likeness (QED) is 0.0300. The van der Waals surface area contributed by atoms with Crippen molar-refractivity contribution in [1.82, 2.24) is 5.32 Å². The Morgan fingerprint density at radius 1 is 0.628 bits per heavy atom. The fraction of sp³-hybridized carbons (Fsp3) is 0.865. The molecule has 0 aliphatic carbocycles. The smallest absolute Gasteiger partial charge is 0.223 e. The third-order valence-electron chi connectivity index (χ3n) is 8.40. The van der Waals surface area contributed by atoms with Crippen LogP contribution in [0.3, 0.4) is 0 Å². The van der Waals surface area contributed by atoms with Crippen LogP contribution < -0.4 is 16.8 Å². The number of unbranched alkanes of at least 4 members (excludes halogenated alkanes) is 20. The van der Waals surface area contributed by atoms with Gasteiger partial charge in [0, 0.05) is 31.8 Å². The molecule has 0 aliphatic heterocycles. The molecule has 1 atom stereocenters. The van der Waals surface area contributed by atoms with Gasteiger partial charge >= 0.3 is 0 Å². The number of rotatable bonds is 33. The van der Waals surface area contributed by atoms with Gasteiger partial charge in [0.2, 0.25) is 5.91 Å². The molecule has 0 radical (unpaired) electrons. The summed E-state index contributed by atoms with van der Waals surface area (Å²) < 4.78 is 0. The molecule has 0 spiro atoms. The first-order chi connectivity index (χ1) is 21.0. The van der Waals surface area contributed by atoms with E-state index >= 15 is 0 Å². The number of allylic oxidation sites excluding steroid dienone is 2. The zero-order valence-electron chi connectivity index (χ0n) is 28.7. The third kappa shape index (κ3) is 31.4. The van der Waals surface area contributed by atoms with Gasteiger partial charge < -0.3 is 16.8 Å². The number of Topliss-reactive ketones (excluding diaryl/α,β-unsaturated/α-hetero) is 1. The second-order valence-electron chi connectivity index (χ2n) is 12.7. The number of hydrogen-bond acceptors (Lipinski definition) is 3. The first kappa shape index (κ1) is 41.1. The molecule has 6 nitrogen and oxygen atoms in total. The van der Waals surface area contributed by atoms with E-state index in [2.05, 4.69) is 36.3 Å². The Morgan fingerprint density at radius 3 is 1.60 bits per heavy atom. The van der Waals surface area contributed by atoms with Gasteiger partial charge in [0.05, 0.1) is 0 Å². The minimum atomic E-state index is -0.284. The van der Waals surface area contributed by atoms with Gasteiger partial charge in [-0.25, -0.2) is 0 Å². The van der Waals surface area contributed by atoms with Gasteiger partial charge in [0.1, 0.15) is 5.78 Å². The van der Waals surface area contributed by atoms with Gasteiger partial charge in [-0.15, -0.1) is 0 Å². The molecule has 0 saturated carbocycles. The highest BCUT2D eigenvalue weighted by Crippen LogP contribution is 2.17. The minimum Gasteiger partial charge on any atom is -0.370 e. The topological polar surface area (TPSA) is 111 Å². The molecule has 0 aliphatic rings. The van der Waals surface area contributed by atoms with Crippen LogP contribution in [0.5, 0.6) is 0 Å². The van der Waals surface area contributed by atoms with Crippen LogP contribution in [0.15, 0.2) is 17.1 Å². The Balaban J connectivity index is 4.06. The lowest BCUT2D eigenvalue weighted by atomic mass is 9.93. The SMILES string of the molecule is CCCCCCCC/C=C/CCCCCCCC(=O)C[C@@H](CCCN=C(N)N)C(=O)NCCCCCCCCCCCC. The third-order valence-corrected chi connectivity index (χ3v) is 8.40. The van der Waals surface area contributed by atoms with E-state index in [-0.39, 0.29) is 23.6 Å². The van der Waals surface area contributed by atoms with Gasteiger partial charge in [-0.05, 0) is 51.4 Å². The molecular formula is C37H72N4O2. The van der Waals surface area contributed by atoms with Crippen LogP contribution in [0.4, 0.5) is 0 Å². The predicted octanol–water partition coefficient (Wildman–Crippen LogP) is 9.69. The highest BCUT2D eigenvalue weighted by atomic mass is 16.2. The molecule has 0 aromatic heterocycles. The highest BCUT2D eigenvalue weighted by Gasteiger charge is 2.21. The maximum absolute atomic E-state index is 12.9. The summed E-state index contributed by atoms with van der Waals surface area (Å²) in [7, 11) is 0. The van der Waals surface area contributed by atoms with Crippen molar-refractivity contribution in [3.05, 3.63) is 12.2 Å². The summed E-state index contributed by atoms with van der Waals surface area (Å²) in [6.07, 6.45) is 35.9. The zero-order valence-corrected chi connectivity index (χ0v) is 28.7. The van der Waals surface area contributed by atoms with Crippen LogP contribution >= 0.6 is 0 Å². The van der Waals surface area contributed by atoms with E-state index in [0.29, 0.717) is 38.8 Å². The van der Waals surface area contributed by atoms with Gasteiger partial charge in [-0.3, -0.25) is 14.6 Å². The van der Waals surface area contributed by atoms with Crippen molar-refractivity contribution in [2.24, 2.45) is 22.4 Å². The van der Waals surface area contributed by atoms with Crippen molar-refractivity contribution < 1.29 is 9.59 Å². The lowest BCUT2D eigenvalue weighted by molar-refractivity contribution is -0.129. The summed E-state index contributed by atoms with van der Waals surface area (Å²) in [5.74, 6) is 0.00671. The minimum absolute atomic E-state index is 0.0125. The lowest BCUT2D eigenvalue weighted by Gasteiger charge is -2.16. The number of hydrogen-bond donors (Lipinski definition) is 3. The van der Waals surface area contributed by atoms with Gasteiger partial charge in [-0.1, -0.05) is 135 Å². The molecule has 0 fully saturated rings. The molecule has 0 heterocycles. The number of nitrogens with one attached hydrogen (secondary N) is 1. The standard InChI is InChI=1S/C37H72N4O2/c1-3-5-7-9-11-13-15-16-17-18-19-20-22-24-26-30-35(42)33-34(29-28-32-41-37(38)39)36(43)40-31-27-25-23-21-14-12-10-8-6-4-2/h16-17,34H,3-15,18-33H2,1-2H3,(H,40,43)(H4,38,39,41)/b17-16+/t34-/m1/s1. The molecule has 0 aromatic rings. The molecule has 0 aromatic carbocycles. The molecule has 0 unspecified atom stereocenters. The van der Waals surface area contributed by atoms with Gasteiger partial charge in [-0.2, -0.15) is 0 Å². The summed E-state index contributed by atoms with van der Waals surface area (Å²) in [5.41, 5.74) is 10.9. The largest absolute Gasteiger partial charge is 0.370 e. The number of amides is 1. The van der Waals surface area contributed by atoms with Gasteiger partial charge in [0.15, 0.2) is 5.96 Å². The normalized spacial score (nSPS) is 12.0. The van der Waals surface area contributed by atoms with E-state index in [1.807, 2.05) is 0 Å². The van der Waals surface area contributed by atoms with E-state index in [0.717, 1.165) is 25.7 Å². The van der Waals surface area contributed by atoms with Crippen molar-refractivity contribution in [2.75, 3.05) is 13.1 Å². The Morgan fingerprint density at radius 2 is 1.09 bits per heavy atom. The highest BCUT2D eigenvalue weighted by molar-refractivity contribution is 5.86. The second-order valence-corrected chi connectivity index (χ2v) is 12.7. The molecule has 252 valence electrons. The average molecular weight is 605 g/mol. The predicted molar refractivity (Wildman–Crippen MR) is 187 cm³/mol. The number of nitrogens with two attached hydrogens (primary N) is 2. The summed E-state index contributed by atoms with van der Waals surface area (Å²) >= 11 is 0. The number of carbonyl (C=O) groups is 2. The van der Waals surface area contributed by atoms with Crippen LogP contribution in [0.25, 0.3) is 0 Å². The fourth-order valence-corrected chi connectivity index (χ4v) is 5.61. The lowest BCUT2D eigenvalue weighted by Crippen LogP contribution is -2.33. The number of guanidine groups is 1. The number of carbonyl (C=O) groups excluding carboxylic acids is 2. The van der Waals surface area contributed by atoms with Crippen LogP contribution in [0.1, 0.15) is 187 Å². The van der Waals surface area contributed by atoms with Crippen molar-refractivity contribution in [3.8, 4) is 0 Å². The molecule has 0 saturated heterocycles. The molecular weight excluding hydrogens is 532 g/mol. The maximum Gasteiger partial charge on any atom is 0.223 e. The zero-order chi connectivity index (χ0) is 31.6. The van der Waals surface area contributed by atoms with E-state index in [9.17, 15) is 9.59 Å². The molecule has 0 rings (SSSR count). The molecule has 43 heavy (non-hydrogen) atoms. The van der Waals surface area contributed by atoms with E-state index in [1.54, 1.807) is 0 Å². The number of aliphatic imine (C=N–C) groups is 1. The summed E-state index contributed by atoms with van der Waals surface area (Å²) in [6, 6.07) is 0. The maximum atomic E-state index is 12.9. The van der Waals surface area contributed by atoms with Crippen molar-refractivity contribution >= 4 is 17.6 Å². The average Bonchev–Trinajstić information content (AvgIpc) is 2.99. The van der Waals surface area contributed by atoms with E-state index < -0.39 is 0 Å². The fourth-order valence-electron chi connectivity index (χ4n) is 5.61. The Labute approximate surface area is 267 Å². The van der Waals surface area contributed by atoms with Gasteiger partial charge in [0.25, 0.3) is 0 Å². The van der Waals surface area contributed by atoms with Crippen LogP contribution in [0, 0.1) is 5.92 Å².